The van der Waals surface area contributed by atoms with Gasteiger partial charge in [0.1, 0.15) is 0 Å². The van der Waals surface area contributed by atoms with E-state index in [0.29, 0.717) is 23.7 Å². The number of hydrogen-bond acceptors (Lipinski definition) is 2. The zero-order valence-corrected chi connectivity index (χ0v) is 11.8. The summed E-state index contributed by atoms with van der Waals surface area (Å²) in [6.45, 7) is 6.25. The number of likely N-dealkylation sites (tertiary alicyclic amines) is 1. The highest BCUT2D eigenvalue weighted by atomic mass is 16.3. The Bertz CT molecular complexity index is 301. The molecular formula is C15H27NO2. The lowest BCUT2D eigenvalue weighted by atomic mass is 9.85. The number of rotatable bonds is 3. The molecule has 104 valence electrons. The van der Waals surface area contributed by atoms with Crippen molar-refractivity contribution in [1.82, 2.24) is 4.90 Å². The molecule has 0 aromatic carbocycles. The molecule has 0 aromatic heterocycles. The summed E-state index contributed by atoms with van der Waals surface area (Å²) >= 11 is 0. The van der Waals surface area contributed by atoms with Crippen LogP contribution >= 0.6 is 0 Å². The summed E-state index contributed by atoms with van der Waals surface area (Å²) in [5.74, 6) is 0.738. The molecule has 1 aliphatic heterocycles. The molecule has 2 fully saturated rings. The summed E-state index contributed by atoms with van der Waals surface area (Å²) in [5.41, 5.74) is 0.303. The standard InChI is InChI=1S/C15H27NO2/c1-15(2)8-6-14(18)16(11-9-15)10-7-12-4-3-5-13(12)17/h12-13,17H,3-11H2,1-2H3. The van der Waals surface area contributed by atoms with Gasteiger partial charge in [0.05, 0.1) is 6.10 Å². The normalized spacial score (nSPS) is 32.6. The van der Waals surface area contributed by atoms with Gasteiger partial charge in [-0.1, -0.05) is 20.3 Å². The van der Waals surface area contributed by atoms with E-state index in [0.717, 1.165) is 51.6 Å². The molecule has 18 heavy (non-hydrogen) atoms. The molecule has 1 heterocycles. The third-order valence-corrected chi connectivity index (χ3v) is 4.82. The van der Waals surface area contributed by atoms with Crippen LogP contribution in [0.2, 0.25) is 0 Å². The lowest BCUT2D eigenvalue weighted by Gasteiger charge is -2.25. The van der Waals surface area contributed by atoms with Crippen LogP contribution in [-0.2, 0) is 4.79 Å². The predicted molar refractivity (Wildman–Crippen MR) is 72.2 cm³/mol. The van der Waals surface area contributed by atoms with E-state index in [1.165, 1.54) is 0 Å². The summed E-state index contributed by atoms with van der Waals surface area (Å²) in [6.07, 6.45) is 6.89. The van der Waals surface area contributed by atoms with Crippen molar-refractivity contribution in [3.05, 3.63) is 0 Å². The Labute approximate surface area is 111 Å². The minimum absolute atomic E-state index is 0.122. The van der Waals surface area contributed by atoms with Gasteiger partial charge in [0.2, 0.25) is 5.91 Å². The maximum atomic E-state index is 12.1. The van der Waals surface area contributed by atoms with Gasteiger partial charge in [-0.3, -0.25) is 4.79 Å². The van der Waals surface area contributed by atoms with Crippen LogP contribution < -0.4 is 0 Å². The van der Waals surface area contributed by atoms with Gasteiger partial charge in [0, 0.05) is 19.5 Å². The summed E-state index contributed by atoms with van der Waals surface area (Å²) < 4.78 is 0. The van der Waals surface area contributed by atoms with E-state index in [9.17, 15) is 9.90 Å². The Kier molecular flexibility index (Phi) is 4.31. The molecular weight excluding hydrogens is 226 g/mol. The van der Waals surface area contributed by atoms with Crippen LogP contribution in [0.4, 0.5) is 0 Å². The minimum Gasteiger partial charge on any atom is -0.393 e. The van der Waals surface area contributed by atoms with Gasteiger partial charge in [-0.2, -0.15) is 0 Å². The molecule has 1 amide bonds. The number of aliphatic hydroxyl groups is 1. The molecule has 0 bridgehead atoms. The highest BCUT2D eigenvalue weighted by Crippen LogP contribution is 2.32. The monoisotopic (exact) mass is 253 g/mol. The van der Waals surface area contributed by atoms with Crippen LogP contribution in [-0.4, -0.2) is 35.1 Å². The average Bonchev–Trinajstić information content (AvgIpc) is 2.66. The molecule has 3 heteroatoms. The fourth-order valence-electron chi connectivity index (χ4n) is 3.20. The number of hydrogen-bond donors (Lipinski definition) is 1. The molecule has 1 aliphatic carbocycles. The summed E-state index contributed by atoms with van der Waals surface area (Å²) in [5, 5.41) is 9.82. The van der Waals surface area contributed by atoms with Gasteiger partial charge in [0.25, 0.3) is 0 Å². The molecule has 2 aliphatic rings. The van der Waals surface area contributed by atoms with E-state index in [2.05, 4.69) is 13.8 Å². The zero-order chi connectivity index (χ0) is 13.2. The van der Waals surface area contributed by atoms with Crippen molar-refractivity contribution < 1.29 is 9.90 Å². The van der Waals surface area contributed by atoms with Crippen molar-refractivity contribution in [2.45, 2.75) is 64.9 Å². The topological polar surface area (TPSA) is 40.5 Å². The second-order valence-corrected chi connectivity index (χ2v) is 6.84. The van der Waals surface area contributed by atoms with Crippen LogP contribution in [0.5, 0.6) is 0 Å². The van der Waals surface area contributed by atoms with Gasteiger partial charge in [-0.15, -0.1) is 0 Å². The number of carbonyl (C=O) groups is 1. The fraction of sp³-hybridized carbons (Fsp3) is 0.933. The number of nitrogens with zero attached hydrogens (tertiary/aromatic N) is 1. The highest BCUT2D eigenvalue weighted by Gasteiger charge is 2.29. The average molecular weight is 253 g/mol. The first-order valence-electron chi connectivity index (χ1n) is 7.44. The zero-order valence-electron chi connectivity index (χ0n) is 11.8. The Morgan fingerprint density at radius 1 is 1.33 bits per heavy atom. The van der Waals surface area contributed by atoms with Crippen LogP contribution in [0.3, 0.4) is 0 Å². The second kappa shape index (κ2) is 5.60. The van der Waals surface area contributed by atoms with Crippen molar-refractivity contribution in [2.75, 3.05) is 13.1 Å². The predicted octanol–water partition coefficient (Wildman–Crippen LogP) is 2.58. The first-order valence-corrected chi connectivity index (χ1v) is 7.44. The van der Waals surface area contributed by atoms with E-state index in [1.807, 2.05) is 4.90 Å². The molecule has 2 unspecified atom stereocenters. The second-order valence-electron chi connectivity index (χ2n) is 6.84. The molecule has 2 rings (SSSR count). The van der Waals surface area contributed by atoms with E-state index in [4.69, 9.17) is 0 Å². The molecule has 0 radical (unpaired) electrons. The fourth-order valence-corrected chi connectivity index (χ4v) is 3.20. The van der Waals surface area contributed by atoms with Crippen LogP contribution in [0.25, 0.3) is 0 Å². The molecule has 1 N–H and O–H groups in total. The molecule has 0 spiro atoms. The Hall–Kier alpha value is -0.570. The van der Waals surface area contributed by atoms with Crippen molar-refractivity contribution in [2.24, 2.45) is 11.3 Å². The van der Waals surface area contributed by atoms with E-state index >= 15 is 0 Å². The highest BCUT2D eigenvalue weighted by molar-refractivity contribution is 5.76. The number of carbonyl (C=O) groups excluding carboxylic acids is 1. The minimum atomic E-state index is -0.122. The summed E-state index contributed by atoms with van der Waals surface area (Å²) in [4.78, 5) is 14.1. The first kappa shape index (κ1) is 13.9. The van der Waals surface area contributed by atoms with Gasteiger partial charge in [-0.25, -0.2) is 0 Å². The maximum absolute atomic E-state index is 12.1. The van der Waals surface area contributed by atoms with E-state index in [-0.39, 0.29) is 6.10 Å². The lowest BCUT2D eigenvalue weighted by molar-refractivity contribution is -0.131. The summed E-state index contributed by atoms with van der Waals surface area (Å²) in [6, 6.07) is 0. The molecule has 2 atom stereocenters. The molecule has 0 aromatic rings. The quantitative estimate of drug-likeness (QED) is 0.840. The van der Waals surface area contributed by atoms with E-state index < -0.39 is 0 Å². The maximum Gasteiger partial charge on any atom is 0.222 e. The van der Waals surface area contributed by atoms with Gasteiger partial charge in [-0.05, 0) is 43.4 Å². The van der Waals surface area contributed by atoms with Crippen molar-refractivity contribution >= 4 is 5.91 Å². The van der Waals surface area contributed by atoms with Crippen LogP contribution in [0.1, 0.15) is 58.8 Å². The Morgan fingerprint density at radius 3 is 2.78 bits per heavy atom. The smallest absolute Gasteiger partial charge is 0.222 e. The van der Waals surface area contributed by atoms with Crippen LogP contribution in [0, 0.1) is 11.3 Å². The Balaban J connectivity index is 1.82. The largest absolute Gasteiger partial charge is 0.393 e. The first-order chi connectivity index (χ1) is 8.48. The lowest BCUT2D eigenvalue weighted by Crippen LogP contribution is -2.33. The van der Waals surface area contributed by atoms with Crippen molar-refractivity contribution in [3.8, 4) is 0 Å². The van der Waals surface area contributed by atoms with Crippen molar-refractivity contribution in [3.63, 3.8) is 0 Å². The van der Waals surface area contributed by atoms with E-state index in [1.54, 1.807) is 0 Å². The molecule has 1 saturated heterocycles. The van der Waals surface area contributed by atoms with Gasteiger partial charge >= 0.3 is 0 Å². The summed E-state index contributed by atoms with van der Waals surface area (Å²) in [7, 11) is 0. The Morgan fingerprint density at radius 2 is 2.11 bits per heavy atom. The number of amides is 1. The van der Waals surface area contributed by atoms with Crippen molar-refractivity contribution in [1.29, 1.82) is 0 Å². The van der Waals surface area contributed by atoms with Crippen LogP contribution in [0.15, 0.2) is 0 Å². The van der Waals surface area contributed by atoms with Gasteiger partial charge in [0.15, 0.2) is 0 Å². The number of aliphatic hydroxyl groups excluding tert-OH is 1. The van der Waals surface area contributed by atoms with Gasteiger partial charge < -0.3 is 10.0 Å². The molecule has 3 nitrogen and oxygen atoms in total. The third-order valence-electron chi connectivity index (χ3n) is 4.82. The third kappa shape index (κ3) is 3.47. The SMILES string of the molecule is CC1(C)CCC(=O)N(CCC2CCCC2O)CC1. The molecule has 1 saturated carbocycles.